The third-order valence-corrected chi connectivity index (χ3v) is 2.66. The van der Waals surface area contributed by atoms with Gasteiger partial charge in [0, 0.05) is 6.07 Å². The van der Waals surface area contributed by atoms with Crippen molar-refractivity contribution in [3.8, 4) is 5.69 Å². The van der Waals surface area contributed by atoms with Gasteiger partial charge in [0.05, 0.1) is 17.9 Å². The Bertz CT molecular complexity index is 648. The van der Waals surface area contributed by atoms with Crippen LogP contribution in [0.2, 0.25) is 0 Å². The minimum absolute atomic E-state index is 0.00533. The van der Waals surface area contributed by atoms with Crippen LogP contribution in [0.5, 0.6) is 0 Å². The Kier molecular flexibility index (Phi) is 3.88. The van der Waals surface area contributed by atoms with Gasteiger partial charge in [-0.05, 0) is 31.2 Å². The summed E-state index contributed by atoms with van der Waals surface area (Å²) < 4.78 is 43.4. The van der Waals surface area contributed by atoms with E-state index in [-0.39, 0.29) is 18.1 Å². The highest BCUT2D eigenvalue weighted by Gasteiger charge is 2.30. The molecule has 2 rings (SSSR count). The number of alkyl halides is 3. The molecule has 0 atom stereocenters. The molecule has 1 aromatic heterocycles. The summed E-state index contributed by atoms with van der Waals surface area (Å²) in [7, 11) is 0. The zero-order chi connectivity index (χ0) is 15.6. The first kappa shape index (κ1) is 14.9. The number of nitrogens with zero attached hydrogens (tertiary/aromatic N) is 2. The molecule has 0 aliphatic heterocycles. The van der Waals surface area contributed by atoms with Crippen LogP contribution in [0.25, 0.3) is 5.69 Å². The first-order valence-corrected chi connectivity index (χ1v) is 6.03. The number of aromatic nitrogens is 2. The number of carbonyl (C=O) groups is 1. The van der Waals surface area contributed by atoms with Crippen molar-refractivity contribution in [3.05, 3.63) is 41.6 Å². The maximum Gasteiger partial charge on any atom is 0.416 e. The van der Waals surface area contributed by atoms with Crippen LogP contribution >= 0.6 is 0 Å². The van der Waals surface area contributed by atoms with Gasteiger partial charge in [0.1, 0.15) is 5.82 Å². The minimum Gasteiger partial charge on any atom is -0.461 e. The Morgan fingerprint density at radius 1 is 1.33 bits per heavy atom. The summed E-state index contributed by atoms with van der Waals surface area (Å²) in [4.78, 5) is 11.5. The number of rotatable bonds is 3. The highest BCUT2D eigenvalue weighted by Crippen LogP contribution is 2.29. The summed E-state index contributed by atoms with van der Waals surface area (Å²) in [5.41, 5.74) is 5.24. The first-order chi connectivity index (χ1) is 9.82. The van der Waals surface area contributed by atoms with Crippen molar-refractivity contribution in [2.45, 2.75) is 13.1 Å². The number of halogens is 3. The van der Waals surface area contributed by atoms with Crippen LogP contribution in [-0.4, -0.2) is 22.4 Å². The second-order valence-electron chi connectivity index (χ2n) is 4.13. The summed E-state index contributed by atoms with van der Waals surface area (Å²) in [6.45, 7) is 1.83. The Morgan fingerprint density at radius 2 is 1.95 bits per heavy atom. The second kappa shape index (κ2) is 5.47. The fourth-order valence-electron chi connectivity index (χ4n) is 1.70. The number of hydrogen-bond donors (Lipinski definition) is 1. The smallest absolute Gasteiger partial charge is 0.416 e. The normalized spacial score (nSPS) is 11.4. The molecule has 0 spiro atoms. The van der Waals surface area contributed by atoms with Crippen molar-refractivity contribution in [1.29, 1.82) is 0 Å². The molecule has 1 heterocycles. The molecule has 2 N–H and O–H groups in total. The quantitative estimate of drug-likeness (QED) is 0.885. The molecule has 2 aromatic rings. The van der Waals surface area contributed by atoms with E-state index < -0.39 is 17.7 Å². The predicted molar refractivity (Wildman–Crippen MR) is 68.9 cm³/mol. The van der Waals surface area contributed by atoms with Gasteiger partial charge < -0.3 is 10.5 Å². The van der Waals surface area contributed by atoms with Crippen LogP contribution in [0.15, 0.2) is 30.3 Å². The molecular formula is C13H12F3N3O2. The van der Waals surface area contributed by atoms with E-state index in [9.17, 15) is 18.0 Å². The molecule has 0 amide bonds. The first-order valence-electron chi connectivity index (χ1n) is 6.03. The molecule has 0 radical (unpaired) electrons. The number of ether oxygens (including phenoxy) is 1. The van der Waals surface area contributed by atoms with Crippen molar-refractivity contribution in [2.24, 2.45) is 0 Å². The molecule has 8 heteroatoms. The summed E-state index contributed by atoms with van der Waals surface area (Å²) in [5, 5.41) is 3.93. The molecule has 5 nitrogen and oxygen atoms in total. The topological polar surface area (TPSA) is 70.1 Å². The van der Waals surface area contributed by atoms with Crippen LogP contribution in [0.3, 0.4) is 0 Å². The van der Waals surface area contributed by atoms with E-state index in [1.165, 1.54) is 22.9 Å². The largest absolute Gasteiger partial charge is 0.461 e. The molecule has 0 fully saturated rings. The number of nitrogen functional groups attached to an aromatic ring is 1. The van der Waals surface area contributed by atoms with Gasteiger partial charge in [-0.15, -0.1) is 0 Å². The molecule has 0 unspecified atom stereocenters. The van der Waals surface area contributed by atoms with E-state index in [0.29, 0.717) is 5.69 Å². The van der Waals surface area contributed by atoms with Gasteiger partial charge in [-0.1, -0.05) is 0 Å². The second-order valence-corrected chi connectivity index (χ2v) is 4.13. The van der Waals surface area contributed by atoms with Gasteiger partial charge in [0.25, 0.3) is 0 Å². The minimum atomic E-state index is -4.41. The van der Waals surface area contributed by atoms with E-state index >= 15 is 0 Å². The fraction of sp³-hybridized carbons (Fsp3) is 0.231. The standard InChI is InChI=1S/C13H12F3N3O2/c1-2-21-12(20)10-7-11(17)19(18-10)9-5-3-8(4-6-9)13(14,15)16/h3-7H,2,17H2,1H3. The lowest BCUT2D eigenvalue weighted by molar-refractivity contribution is -0.137. The van der Waals surface area contributed by atoms with Gasteiger partial charge in [-0.25, -0.2) is 9.48 Å². The van der Waals surface area contributed by atoms with Crippen LogP contribution in [-0.2, 0) is 10.9 Å². The van der Waals surface area contributed by atoms with Gasteiger partial charge in [-0.3, -0.25) is 0 Å². The third-order valence-electron chi connectivity index (χ3n) is 2.66. The van der Waals surface area contributed by atoms with Crippen LogP contribution < -0.4 is 5.73 Å². The number of esters is 1. The van der Waals surface area contributed by atoms with Crippen molar-refractivity contribution >= 4 is 11.8 Å². The van der Waals surface area contributed by atoms with E-state index in [1.807, 2.05) is 0 Å². The van der Waals surface area contributed by atoms with Crippen LogP contribution in [0.4, 0.5) is 19.0 Å². The highest BCUT2D eigenvalue weighted by molar-refractivity contribution is 5.88. The lowest BCUT2D eigenvalue weighted by Crippen LogP contribution is -2.08. The van der Waals surface area contributed by atoms with E-state index in [4.69, 9.17) is 10.5 Å². The Labute approximate surface area is 118 Å². The molecule has 0 aliphatic carbocycles. The predicted octanol–water partition coefficient (Wildman–Crippen LogP) is 2.65. The average Bonchev–Trinajstić information content (AvgIpc) is 2.80. The summed E-state index contributed by atoms with van der Waals surface area (Å²) >= 11 is 0. The average molecular weight is 299 g/mol. The van der Waals surface area contributed by atoms with Crippen LogP contribution in [0, 0.1) is 0 Å². The molecule has 0 saturated heterocycles. The number of hydrogen-bond acceptors (Lipinski definition) is 4. The summed E-state index contributed by atoms with van der Waals surface area (Å²) in [5.74, 6) is -0.521. The van der Waals surface area contributed by atoms with Crippen molar-refractivity contribution < 1.29 is 22.7 Å². The molecule has 21 heavy (non-hydrogen) atoms. The van der Waals surface area contributed by atoms with Crippen molar-refractivity contribution in [2.75, 3.05) is 12.3 Å². The SMILES string of the molecule is CCOC(=O)c1cc(N)n(-c2ccc(C(F)(F)F)cc2)n1. The molecule has 112 valence electrons. The third kappa shape index (κ3) is 3.15. The fourth-order valence-corrected chi connectivity index (χ4v) is 1.70. The van der Waals surface area contributed by atoms with Gasteiger partial charge in [0.2, 0.25) is 0 Å². The maximum atomic E-state index is 12.5. The Morgan fingerprint density at radius 3 is 2.48 bits per heavy atom. The number of anilines is 1. The van der Waals surface area contributed by atoms with Gasteiger partial charge in [-0.2, -0.15) is 18.3 Å². The monoisotopic (exact) mass is 299 g/mol. The lowest BCUT2D eigenvalue weighted by Gasteiger charge is -2.08. The number of carbonyl (C=O) groups excluding carboxylic acids is 1. The summed E-state index contributed by atoms with van der Waals surface area (Å²) in [6, 6.07) is 5.58. The lowest BCUT2D eigenvalue weighted by atomic mass is 10.2. The zero-order valence-corrected chi connectivity index (χ0v) is 11.0. The molecule has 0 bridgehead atoms. The van der Waals surface area contributed by atoms with Crippen molar-refractivity contribution in [3.63, 3.8) is 0 Å². The summed E-state index contributed by atoms with van der Waals surface area (Å²) in [6.07, 6.45) is -4.41. The van der Waals surface area contributed by atoms with E-state index in [2.05, 4.69) is 5.10 Å². The molecular weight excluding hydrogens is 287 g/mol. The van der Waals surface area contributed by atoms with Crippen molar-refractivity contribution in [1.82, 2.24) is 9.78 Å². The van der Waals surface area contributed by atoms with Crippen LogP contribution in [0.1, 0.15) is 23.0 Å². The van der Waals surface area contributed by atoms with Gasteiger partial charge >= 0.3 is 12.1 Å². The molecule has 1 aromatic carbocycles. The Balaban J connectivity index is 2.32. The molecule has 0 saturated carbocycles. The Hall–Kier alpha value is -2.51. The zero-order valence-electron chi connectivity index (χ0n) is 11.0. The number of nitrogens with two attached hydrogens (primary N) is 1. The van der Waals surface area contributed by atoms with E-state index in [1.54, 1.807) is 6.92 Å². The number of benzene rings is 1. The van der Waals surface area contributed by atoms with Gasteiger partial charge in [0.15, 0.2) is 5.69 Å². The van der Waals surface area contributed by atoms with E-state index in [0.717, 1.165) is 12.1 Å². The molecule has 0 aliphatic rings. The highest BCUT2D eigenvalue weighted by atomic mass is 19.4. The maximum absolute atomic E-state index is 12.5.